The average molecular weight is 1040 g/mol. The van der Waals surface area contributed by atoms with Crippen LogP contribution in [0.4, 0.5) is 10.1 Å². The molecule has 0 amide bonds. The summed E-state index contributed by atoms with van der Waals surface area (Å²) in [7, 11) is -3.97. The highest BCUT2D eigenvalue weighted by atomic mass is 127. The molecule has 7 heterocycles. The summed E-state index contributed by atoms with van der Waals surface area (Å²) < 4.78 is 50.9. The summed E-state index contributed by atoms with van der Waals surface area (Å²) in [5, 5.41) is -0.00732. The van der Waals surface area contributed by atoms with E-state index < -0.39 is 15.8 Å². The molecule has 0 saturated heterocycles. The fraction of sp³-hybridized carbons (Fsp3) is 0.0857. The number of imidazole rings is 3. The van der Waals surface area contributed by atoms with E-state index in [-0.39, 0.29) is 15.7 Å². The third kappa shape index (κ3) is 8.68. The van der Waals surface area contributed by atoms with Gasteiger partial charge in [-0.15, -0.1) is 0 Å². The smallest absolute Gasteiger partial charge is 0.261 e. The number of hydrogen-bond acceptors (Lipinski definition) is 6. The topological polar surface area (TPSA) is 111 Å². The van der Waals surface area contributed by atoms with Gasteiger partial charge in [0.2, 0.25) is 0 Å². The van der Waals surface area contributed by atoms with Crippen molar-refractivity contribution in [1.29, 1.82) is 0 Å². The Bertz CT molecular complexity index is 2700. The molecule has 0 spiro atoms. The Morgan fingerprint density at radius 2 is 1.33 bits per heavy atom. The Balaban J connectivity index is 0.000000164. The third-order valence-corrected chi connectivity index (χ3v) is 11.8. The number of benzene rings is 1. The maximum Gasteiger partial charge on any atom is 0.261 e. The molecule has 7 aromatic heterocycles. The molecule has 0 aliphatic carbocycles. The van der Waals surface area contributed by atoms with Crippen molar-refractivity contribution in [2.24, 2.45) is 0 Å². The average Bonchev–Trinajstić information content (AvgIpc) is 3.72. The van der Waals surface area contributed by atoms with Gasteiger partial charge >= 0.3 is 0 Å². The maximum absolute atomic E-state index is 13.1. The lowest BCUT2D eigenvalue weighted by Crippen LogP contribution is -2.13. The van der Waals surface area contributed by atoms with Gasteiger partial charge in [0.1, 0.15) is 26.5 Å². The van der Waals surface area contributed by atoms with Crippen molar-refractivity contribution < 1.29 is 12.8 Å². The third-order valence-electron chi connectivity index (χ3n) is 7.46. The van der Waals surface area contributed by atoms with Crippen molar-refractivity contribution in [1.82, 2.24) is 33.1 Å². The van der Waals surface area contributed by atoms with Crippen molar-refractivity contribution in [2.75, 3.05) is 4.72 Å². The molecular formula is C35H26Br3ClFIN8O2S. The van der Waals surface area contributed by atoms with E-state index in [1.807, 2.05) is 90.8 Å². The monoisotopic (exact) mass is 1040 g/mol. The van der Waals surface area contributed by atoms with Crippen LogP contribution < -0.4 is 4.72 Å². The minimum atomic E-state index is -3.97. The highest BCUT2D eigenvalue weighted by molar-refractivity contribution is 14.1. The van der Waals surface area contributed by atoms with Crippen molar-refractivity contribution in [2.45, 2.75) is 25.7 Å². The summed E-state index contributed by atoms with van der Waals surface area (Å²) in [6.07, 6.45) is 9.43. The van der Waals surface area contributed by atoms with E-state index in [4.69, 9.17) is 11.6 Å². The molecule has 52 heavy (non-hydrogen) atoms. The Morgan fingerprint density at radius 3 is 2.00 bits per heavy atom. The number of aromatic nitrogens is 7. The fourth-order valence-corrected chi connectivity index (χ4v) is 7.95. The predicted molar refractivity (Wildman–Crippen MR) is 221 cm³/mol. The lowest BCUT2D eigenvalue weighted by Gasteiger charge is -2.11. The highest BCUT2D eigenvalue weighted by Crippen LogP contribution is 2.31. The minimum Gasteiger partial charge on any atom is -0.306 e. The largest absolute Gasteiger partial charge is 0.306 e. The van der Waals surface area contributed by atoms with Gasteiger partial charge in [-0.3, -0.25) is 13.5 Å². The van der Waals surface area contributed by atoms with E-state index in [0.717, 1.165) is 65.3 Å². The van der Waals surface area contributed by atoms with Crippen molar-refractivity contribution in [3.05, 3.63) is 143 Å². The number of nitrogens with zero attached hydrogens (tertiary/aromatic N) is 7. The number of hydrogen-bond donors (Lipinski definition) is 1. The van der Waals surface area contributed by atoms with E-state index >= 15 is 0 Å². The fourth-order valence-electron chi connectivity index (χ4n) is 5.15. The van der Waals surface area contributed by atoms with Crippen LogP contribution in [0.15, 0.2) is 116 Å². The summed E-state index contributed by atoms with van der Waals surface area (Å²) in [6.45, 7) is 5.86. The summed E-state index contributed by atoms with van der Waals surface area (Å²) in [4.78, 5) is 17.2. The molecule has 0 radical (unpaired) electrons. The number of nitrogens with one attached hydrogen (secondary N) is 1. The zero-order chi connectivity index (χ0) is 37.3. The molecular weight excluding hydrogens is 1020 g/mol. The molecule has 0 atom stereocenters. The standard InChI is InChI=1S/C19H13BrClFN4O2S.C8H6BrIN2.C8H7BrN2/c1-11-18(26-10-13(20)2-7-17(26)24-11)12-8-16(19(21)23-9-12)25-29(27,28)15-5-3-14(22)4-6-15;1-5-8(10)12-4-6(9)2-3-7(12)11-5;1-6-4-11-5-7(9)2-3-8(11)10-6/h2-10,25H,1H3;2-4H,1H3;2-5H,1H3. The number of fused-ring (bicyclic) bond motifs is 3. The quantitative estimate of drug-likeness (QED) is 0.139. The molecule has 0 bridgehead atoms. The molecule has 0 fully saturated rings. The number of halogens is 6. The van der Waals surface area contributed by atoms with Gasteiger partial charge in [-0.25, -0.2) is 32.7 Å². The van der Waals surface area contributed by atoms with Crippen molar-refractivity contribution >= 4 is 115 Å². The van der Waals surface area contributed by atoms with Gasteiger partial charge in [0.15, 0.2) is 5.15 Å². The number of anilines is 1. The molecule has 0 saturated carbocycles. The van der Waals surface area contributed by atoms with Crippen LogP contribution in [0, 0.1) is 30.3 Å². The zero-order valence-electron chi connectivity index (χ0n) is 27.4. The minimum absolute atomic E-state index is 0.00732. The van der Waals surface area contributed by atoms with Crippen LogP contribution in [-0.4, -0.2) is 41.6 Å². The molecule has 1 aromatic carbocycles. The van der Waals surface area contributed by atoms with Gasteiger partial charge in [-0.05, 0) is 158 Å². The molecule has 0 aliphatic heterocycles. The lowest BCUT2D eigenvalue weighted by molar-refractivity contribution is 0.599. The molecule has 1 N–H and O–H groups in total. The Labute approximate surface area is 342 Å². The normalized spacial score (nSPS) is 11.3. The van der Waals surface area contributed by atoms with Crippen LogP contribution in [0.1, 0.15) is 17.1 Å². The van der Waals surface area contributed by atoms with Crippen LogP contribution in [0.25, 0.3) is 28.2 Å². The van der Waals surface area contributed by atoms with Gasteiger partial charge in [-0.1, -0.05) is 11.6 Å². The van der Waals surface area contributed by atoms with E-state index in [1.165, 1.54) is 15.8 Å². The molecule has 8 rings (SSSR count). The first-order chi connectivity index (χ1) is 24.7. The number of pyridine rings is 4. The first kappa shape index (κ1) is 38.3. The van der Waals surface area contributed by atoms with Gasteiger partial charge in [0.25, 0.3) is 10.0 Å². The van der Waals surface area contributed by atoms with Gasteiger partial charge < -0.3 is 4.40 Å². The molecule has 0 aliphatic rings. The second-order valence-electron chi connectivity index (χ2n) is 11.3. The number of sulfonamides is 1. The molecule has 8 aromatic rings. The summed E-state index contributed by atoms with van der Waals surface area (Å²) in [6, 6.07) is 17.8. The first-order valence-electron chi connectivity index (χ1n) is 15.2. The number of aryl methyl sites for hydroxylation is 3. The molecule has 0 unspecified atom stereocenters. The predicted octanol–water partition coefficient (Wildman–Crippen LogP) is 10.5. The second-order valence-corrected chi connectivity index (χ2v) is 17.1. The first-order valence-corrected chi connectivity index (χ1v) is 20.5. The Hall–Kier alpha value is -3.42. The van der Waals surface area contributed by atoms with Crippen LogP contribution in [0.2, 0.25) is 5.15 Å². The van der Waals surface area contributed by atoms with Crippen LogP contribution in [0.5, 0.6) is 0 Å². The van der Waals surface area contributed by atoms with Crippen LogP contribution in [-0.2, 0) is 10.0 Å². The lowest BCUT2D eigenvalue weighted by atomic mass is 10.1. The Morgan fingerprint density at radius 1 is 0.750 bits per heavy atom. The molecule has 17 heteroatoms. The Kier molecular flexibility index (Phi) is 11.7. The van der Waals surface area contributed by atoms with Crippen molar-refractivity contribution in [3.63, 3.8) is 0 Å². The molecule has 10 nitrogen and oxygen atoms in total. The van der Waals surface area contributed by atoms with Gasteiger partial charge in [0, 0.05) is 50.0 Å². The van der Waals surface area contributed by atoms with Gasteiger partial charge in [-0.2, -0.15) is 0 Å². The zero-order valence-corrected chi connectivity index (χ0v) is 35.8. The second kappa shape index (κ2) is 15.9. The van der Waals surface area contributed by atoms with Crippen LogP contribution in [0.3, 0.4) is 0 Å². The van der Waals surface area contributed by atoms with E-state index in [2.05, 4.69) is 99.4 Å². The number of rotatable bonds is 4. The van der Waals surface area contributed by atoms with E-state index in [0.29, 0.717) is 5.56 Å². The van der Waals surface area contributed by atoms with Crippen molar-refractivity contribution in [3.8, 4) is 11.3 Å². The molecule has 266 valence electrons. The maximum atomic E-state index is 13.1. The van der Waals surface area contributed by atoms with Crippen LogP contribution >= 0.6 is 82.0 Å². The van der Waals surface area contributed by atoms with Gasteiger partial charge in [0.05, 0.1) is 33.4 Å². The SMILES string of the molecule is Cc1cn2cc(Br)ccc2n1.Cc1nc2ccc(Br)cn2c1-c1cnc(Cl)c(NS(=O)(=O)c2ccc(F)cc2)c1.Cc1nc2ccc(Br)cn2c1I. The summed E-state index contributed by atoms with van der Waals surface area (Å²) in [5.74, 6) is -0.528. The summed E-state index contributed by atoms with van der Waals surface area (Å²) >= 11 is 18.7. The summed E-state index contributed by atoms with van der Waals surface area (Å²) in [5.41, 5.74) is 7.10. The van der Waals surface area contributed by atoms with E-state index in [1.54, 1.807) is 12.3 Å². The van der Waals surface area contributed by atoms with E-state index in [9.17, 15) is 12.8 Å². The highest BCUT2D eigenvalue weighted by Gasteiger charge is 2.19.